The Labute approximate surface area is 237 Å². The number of hydrogen-bond acceptors (Lipinski definition) is 7. The maximum atomic E-state index is 12.8. The zero-order chi connectivity index (χ0) is 27.9. The molecule has 216 valence electrons. The molecule has 2 amide bonds. The third kappa shape index (κ3) is 7.31. The van der Waals surface area contributed by atoms with Gasteiger partial charge in [0.2, 0.25) is 5.91 Å². The van der Waals surface area contributed by atoms with E-state index in [1.165, 1.54) is 12.0 Å². The second-order valence-electron chi connectivity index (χ2n) is 11.4. The smallest absolute Gasteiger partial charge is 0.251 e. The molecule has 40 heavy (non-hydrogen) atoms. The van der Waals surface area contributed by atoms with E-state index in [1.54, 1.807) is 24.3 Å². The fourth-order valence-corrected chi connectivity index (χ4v) is 6.01. The van der Waals surface area contributed by atoms with Gasteiger partial charge in [0, 0.05) is 61.7 Å². The van der Waals surface area contributed by atoms with Crippen molar-refractivity contribution in [1.82, 2.24) is 15.2 Å². The van der Waals surface area contributed by atoms with Crippen LogP contribution in [0.25, 0.3) is 0 Å². The van der Waals surface area contributed by atoms with E-state index in [0.29, 0.717) is 23.6 Å². The highest BCUT2D eigenvalue weighted by atomic mass is 16.5. The fraction of sp³-hybridized carbons (Fsp3) is 0.581. The predicted molar refractivity (Wildman–Crippen MR) is 156 cm³/mol. The molecule has 0 spiro atoms. The standard InChI is InChI=1S/C31H43N5O4/c1-2-27(37)21-28(38)33-25-9-5-24(6-10-25)31(39)34-26-7-3-22(4-8-26)12-15-35-16-18-36(19-17-35)30-29-23(11-14-32-30)13-20-40-29/h5-6,9-11,14,22,26-27,37H,2-4,7-8,12-13,15-21H2,1H3,(H,33,38)(H,34,39)/t22?,26?,27-/m0/s1. The number of aromatic nitrogens is 1. The summed E-state index contributed by atoms with van der Waals surface area (Å²) in [6, 6.07) is 9.23. The van der Waals surface area contributed by atoms with Crippen molar-refractivity contribution in [3.8, 4) is 5.75 Å². The lowest BCUT2D eigenvalue weighted by molar-refractivity contribution is -0.118. The van der Waals surface area contributed by atoms with Crippen molar-refractivity contribution in [2.45, 2.75) is 70.4 Å². The van der Waals surface area contributed by atoms with Crippen LogP contribution in [-0.4, -0.2) is 78.3 Å². The first-order valence-electron chi connectivity index (χ1n) is 14.9. The summed E-state index contributed by atoms with van der Waals surface area (Å²) in [7, 11) is 0. The first-order chi connectivity index (χ1) is 19.5. The number of pyridine rings is 1. The molecule has 0 unspecified atom stereocenters. The first-order valence-corrected chi connectivity index (χ1v) is 14.9. The van der Waals surface area contributed by atoms with E-state index >= 15 is 0 Å². The molecule has 1 aromatic carbocycles. The Morgan fingerprint density at radius 2 is 1.82 bits per heavy atom. The van der Waals surface area contributed by atoms with E-state index in [-0.39, 0.29) is 24.3 Å². The van der Waals surface area contributed by atoms with Gasteiger partial charge in [0.05, 0.1) is 19.1 Å². The molecule has 5 rings (SSSR count). The molecule has 9 nitrogen and oxygen atoms in total. The van der Waals surface area contributed by atoms with Crippen LogP contribution in [0, 0.1) is 5.92 Å². The number of rotatable bonds is 10. The van der Waals surface area contributed by atoms with Crippen LogP contribution >= 0.6 is 0 Å². The van der Waals surface area contributed by atoms with E-state index < -0.39 is 6.10 Å². The molecule has 1 aromatic heterocycles. The summed E-state index contributed by atoms with van der Waals surface area (Å²) >= 11 is 0. The fourth-order valence-electron chi connectivity index (χ4n) is 6.01. The Morgan fingerprint density at radius 1 is 1.07 bits per heavy atom. The monoisotopic (exact) mass is 549 g/mol. The lowest BCUT2D eigenvalue weighted by Gasteiger charge is -2.37. The van der Waals surface area contributed by atoms with Gasteiger partial charge in [-0.15, -0.1) is 0 Å². The average molecular weight is 550 g/mol. The largest absolute Gasteiger partial charge is 0.489 e. The molecule has 0 bridgehead atoms. The molecule has 1 saturated heterocycles. The van der Waals surface area contributed by atoms with E-state index in [1.807, 2.05) is 13.1 Å². The number of ether oxygens (including phenoxy) is 1. The molecule has 1 saturated carbocycles. The highest BCUT2D eigenvalue weighted by molar-refractivity contribution is 5.96. The lowest BCUT2D eigenvalue weighted by atomic mass is 9.84. The molecular weight excluding hydrogens is 506 g/mol. The summed E-state index contributed by atoms with van der Waals surface area (Å²) in [5.41, 5.74) is 2.50. The summed E-state index contributed by atoms with van der Waals surface area (Å²) in [5.74, 6) is 2.43. The third-order valence-electron chi connectivity index (χ3n) is 8.62. The van der Waals surface area contributed by atoms with Gasteiger partial charge in [-0.2, -0.15) is 0 Å². The zero-order valence-corrected chi connectivity index (χ0v) is 23.6. The molecule has 3 heterocycles. The van der Waals surface area contributed by atoms with E-state index in [9.17, 15) is 14.7 Å². The van der Waals surface area contributed by atoms with Crippen LogP contribution in [0.4, 0.5) is 11.5 Å². The summed E-state index contributed by atoms with van der Waals surface area (Å²) in [6.07, 6.45) is 8.42. The molecule has 0 radical (unpaired) electrons. The van der Waals surface area contributed by atoms with Crippen LogP contribution in [0.2, 0.25) is 0 Å². The molecule has 2 fully saturated rings. The van der Waals surface area contributed by atoms with Gasteiger partial charge in [-0.05, 0) is 81.3 Å². The van der Waals surface area contributed by atoms with Gasteiger partial charge < -0.3 is 25.4 Å². The molecule has 9 heteroatoms. The van der Waals surface area contributed by atoms with Crippen LogP contribution in [0.15, 0.2) is 36.5 Å². The Kier molecular flexibility index (Phi) is 9.54. The minimum absolute atomic E-state index is 0.0652. The first kappa shape index (κ1) is 28.4. The number of piperazine rings is 1. The maximum Gasteiger partial charge on any atom is 0.251 e. The molecule has 1 aliphatic carbocycles. The van der Waals surface area contributed by atoms with Gasteiger partial charge >= 0.3 is 0 Å². The number of aliphatic hydroxyl groups is 1. The number of nitrogens with zero attached hydrogens (tertiary/aromatic N) is 3. The Hall–Kier alpha value is -3.17. The second-order valence-corrected chi connectivity index (χ2v) is 11.4. The van der Waals surface area contributed by atoms with Crippen molar-refractivity contribution in [3.05, 3.63) is 47.7 Å². The quantitative estimate of drug-likeness (QED) is 0.416. The number of fused-ring (bicyclic) bond motifs is 1. The predicted octanol–water partition coefficient (Wildman–Crippen LogP) is 3.62. The summed E-state index contributed by atoms with van der Waals surface area (Å²) in [6.45, 7) is 7.82. The number of amides is 2. The number of aliphatic hydroxyl groups excluding tert-OH is 1. The maximum absolute atomic E-state index is 12.8. The van der Waals surface area contributed by atoms with E-state index in [0.717, 1.165) is 83.0 Å². The van der Waals surface area contributed by atoms with Gasteiger partial charge in [-0.25, -0.2) is 4.98 Å². The number of hydrogen-bond donors (Lipinski definition) is 3. The normalized spacial score (nSPS) is 21.8. The van der Waals surface area contributed by atoms with Crippen LogP contribution in [0.1, 0.15) is 67.8 Å². The summed E-state index contributed by atoms with van der Waals surface area (Å²) < 4.78 is 5.86. The number of anilines is 2. The number of nitrogens with one attached hydrogen (secondary N) is 2. The van der Waals surface area contributed by atoms with E-state index in [4.69, 9.17) is 4.74 Å². The molecule has 3 aliphatic rings. The SMILES string of the molecule is CC[C@H](O)CC(=O)Nc1ccc(C(=O)NC2CCC(CCN3CCN(c4nccc5c4OCC5)CC3)CC2)cc1. The van der Waals surface area contributed by atoms with Crippen molar-refractivity contribution in [2.75, 3.05) is 49.5 Å². The summed E-state index contributed by atoms with van der Waals surface area (Å²) in [4.78, 5) is 34.3. The molecular formula is C31H43N5O4. The minimum atomic E-state index is -0.634. The van der Waals surface area contributed by atoms with E-state index in [2.05, 4.69) is 31.5 Å². The van der Waals surface area contributed by atoms with Crippen LogP contribution in [0.3, 0.4) is 0 Å². The molecule has 3 N–H and O–H groups in total. The Morgan fingerprint density at radius 3 is 2.55 bits per heavy atom. The van der Waals surface area contributed by atoms with Crippen LogP contribution < -0.4 is 20.3 Å². The Bertz CT molecular complexity index is 1140. The molecule has 1 atom stereocenters. The van der Waals surface area contributed by atoms with Crippen molar-refractivity contribution >= 4 is 23.3 Å². The average Bonchev–Trinajstić information content (AvgIpc) is 3.47. The molecule has 2 aliphatic heterocycles. The number of carbonyl (C=O) groups is 2. The van der Waals surface area contributed by atoms with Crippen molar-refractivity contribution < 1.29 is 19.4 Å². The van der Waals surface area contributed by atoms with Crippen molar-refractivity contribution in [2.24, 2.45) is 5.92 Å². The molecule has 2 aromatic rings. The van der Waals surface area contributed by atoms with Gasteiger partial charge in [-0.3, -0.25) is 14.5 Å². The van der Waals surface area contributed by atoms with Gasteiger partial charge in [0.1, 0.15) is 0 Å². The van der Waals surface area contributed by atoms with Crippen LogP contribution in [-0.2, 0) is 11.2 Å². The topological polar surface area (TPSA) is 107 Å². The number of benzene rings is 1. The number of carbonyl (C=O) groups excluding carboxylic acids is 2. The third-order valence-corrected chi connectivity index (χ3v) is 8.62. The highest BCUT2D eigenvalue weighted by Gasteiger charge is 2.27. The summed E-state index contributed by atoms with van der Waals surface area (Å²) in [5, 5.41) is 15.6. The van der Waals surface area contributed by atoms with Crippen molar-refractivity contribution in [1.29, 1.82) is 0 Å². The van der Waals surface area contributed by atoms with Gasteiger partial charge in [-0.1, -0.05) is 6.92 Å². The van der Waals surface area contributed by atoms with Gasteiger partial charge in [0.25, 0.3) is 5.91 Å². The van der Waals surface area contributed by atoms with Crippen molar-refractivity contribution in [3.63, 3.8) is 0 Å². The highest BCUT2D eigenvalue weighted by Crippen LogP contribution is 2.34. The Balaban J connectivity index is 0.987. The van der Waals surface area contributed by atoms with Crippen LogP contribution in [0.5, 0.6) is 5.75 Å². The van der Waals surface area contributed by atoms with Gasteiger partial charge in [0.15, 0.2) is 11.6 Å². The second kappa shape index (κ2) is 13.5. The lowest BCUT2D eigenvalue weighted by Crippen LogP contribution is -2.47. The zero-order valence-electron chi connectivity index (χ0n) is 23.6. The minimum Gasteiger partial charge on any atom is -0.489 e.